The topological polar surface area (TPSA) is 55.0 Å². The molecule has 0 radical (unpaired) electrons. The zero-order valence-corrected chi connectivity index (χ0v) is 10.5. The summed E-state index contributed by atoms with van der Waals surface area (Å²) in [4.78, 5) is 11.7. The first-order chi connectivity index (χ1) is 7.88. The zero-order valence-electron chi connectivity index (χ0n) is 10.5. The fraction of sp³-hybridized carbons (Fsp3) is 0.385. The number of H-pyrrole nitrogens is 1. The van der Waals surface area contributed by atoms with Crippen LogP contribution in [0.15, 0.2) is 18.2 Å². The van der Waals surface area contributed by atoms with Gasteiger partial charge in [-0.3, -0.25) is 9.89 Å². The van der Waals surface area contributed by atoms with Crippen LogP contribution in [-0.2, 0) is 4.79 Å². The van der Waals surface area contributed by atoms with Gasteiger partial charge in [0.2, 0.25) is 0 Å². The summed E-state index contributed by atoms with van der Waals surface area (Å²) >= 11 is 0. The van der Waals surface area contributed by atoms with Gasteiger partial charge in [-0.05, 0) is 39.8 Å². The van der Waals surface area contributed by atoms with Gasteiger partial charge in [-0.1, -0.05) is 0 Å². The van der Waals surface area contributed by atoms with Gasteiger partial charge in [0.05, 0.1) is 16.6 Å². The number of aromatic nitrogens is 2. The number of nitrogens with zero attached hydrogens (tertiary/aromatic N) is 1. The van der Waals surface area contributed by atoms with Crippen LogP contribution in [-0.4, -0.2) is 16.2 Å². The molecule has 4 nitrogen and oxygen atoms in total. The molecule has 0 aliphatic carbocycles. The fourth-order valence-corrected chi connectivity index (χ4v) is 1.46. The van der Waals surface area contributed by atoms with Crippen LogP contribution in [0, 0.1) is 12.3 Å². The lowest BCUT2D eigenvalue weighted by atomic mass is 9.97. The second-order valence-corrected chi connectivity index (χ2v) is 5.16. The average Bonchev–Trinajstić information content (AvgIpc) is 2.59. The Morgan fingerprint density at radius 1 is 1.35 bits per heavy atom. The van der Waals surface area contributed by atoms with Crippen LogP contribution in [0.3, 0.4) is 0 Å². The molecule has 0 atom stereocenters. The second kappa shape index (κ2) is 3.87. The number of benzene rings is 1. The van der Waals surface area contributed by atoms with Crippen molar-refractivity contribution in [3.05, 3.63) is 23.9 Å². The average molecular weight is 232 g/mol. The normalized spacial score (nSPS) is 11.8. The summed E-state index contributed by atoms with van der Waals surface area (Å²) in [7, 11) is 0. The Morgan fingerprint density at radius 3 is 2.71 bits per heavy atom. The van der Waals surface area contributed by atoms with Crippen molar-refractivity contribution in [2.45, 2.75) is 27.7 Å². The Morgan fingerprint density at radius 2 is 2.06 bits per heavy atom. The number of carbonyl (C=O) groups is 1. The van der Waals surface area contributed by atoms with Crippen LogP contribution in [0.4, 0.5) is 0 Å². The van der Waals surface area contributed by atoms with Crippen LogP contribution >= 0.6 is 0 Å². The summed E-state index contributed by atoms with van der Waals surface area (Å²) in [5.74, 6) is 0.300. The lowest BCUT2D eigenvalue weighted by Gasteiger charge is -2.16. The zero-order chi connectivity index (χ0) is 12.6. The number of hydrogen-bond acceptors (Lipinski definition) is 3. The molecule has 4 heteroatoms. The van der Waals surface area contributed by atoms with E-state index in [1.165, 1.54) is 0 Å². The molecule has 1 heterocycles. The van der Waals surface area contributed by atoms with Crippen LogP contribution < -0.4 is 4.74 Å². The van der Waals surface area contributed by atoms with Gasteiger partial charge in [0.25, 0.3) is 0 Å². The number of hydrogen-bond donors (Lipinski definition) is 1. The highest BCUT2D eigenvalue weighted by Gasteiger charge is 2.23. The van der Waals surface area contributed by atoms with Crippen molar-refractivity contribution in [2.24, 2.45) is 5.41 Å². The van der Waals surface area contributed by atoms with Crippen molar-refractivity contribution in [1.29, 1.82) is 0 Å². The molecular weight excluding hydrogens is 216 g/mol. The van der Waals surface area contributed by atoms with E-state index >= 15 is 0 Å². The van der Waals surface area contributed by atoms with Gasteiger partial charge in [0, 0.05) is 11.5 Å². The highest BCUT2D eigenvalue weighted by atomic mass is 16.5. The summed E-state index contributed by atoms with van der Waals surface area (Å²) in [6.45, 7) is 7.41. The quantitative estimate of drug-likeness (QED) is 0.607. The largest absolute Gasteiger partial charge is 0.426 e. The third-order valence-electron chi connectivity index (χ3n) is 2.55. The maximum absolute atomic E-state index is 11.7. The number of aryl methyl sites for hydroxylation is 1. The third-order valence-corrected chi connectivity index (χ3v) is 2.55. The lowest BCUT2D eigenvalue weighted by Crippen LogP contribution is -2.25. The number of fused-ring (bicyclic) bond motifs is 1. The number of ether oxygens (including phenoxy) is 1. The summed E-state index contributed by atoms with van der Waals surface area (Å²) in [5.41, 5.74) is 1.31. The molecule has 90 valence electrons. The van der Waals surface area contributed by atoms with Gasteiger partial charge in [-0.2, -0.15) is 5.10 Å². The Kier molecular flexibility index (Phi) is 2.65. The molecule has 0 spiro atoms. The van der Waals surface area contributed by atoms with Gasteiger partial charge < -0.3 is 4.74 Å². The van der Waals surface area contributed by atoms with Crippen molar-refractivity contribution >= 4 is 16.9 Å². The number of carbonyl (C=O) groups excluding carboxylic acids is 1. The predicted octanol–water partition coefficient (Wildman–Crippen LogP) is 2.82. The van der Waals surface area contributed by atoms with E-state index in [0.29, 0.717) is 5.75 Å². The molecular formula is C13H16N2O2. The van der Waals surface area contributed by atoms with E-state index in [4.69, 9.17) is 4.74 Å². The highest BCUT2D eigenvalue weighted by Crippen LogP contribution is 2.24. The van der Waals surface area contributed by atoms with Gasteiger partial charge in [0.15, 0.2) is 0 Å². The van der Waals surface area contributed by atoms with E-state index in [9.17, 15) is 4.79 Å². The molecule has 0 bridgehead atoms. The van der Waals surface area contributed by atoms with E-state index in [-0.39, 0.29) is 5.97 Å². The Bertz CT molecular complexity index is 564. The van der Waals surface area contributed by atoms with Crippen LogP contribution in [0.2, 0.25) is 0 Å². The summed E-state index contributed by atoms with van der Waals surface area (Å²) in [5, 5.41) is 8.04. The number of rotatable bonds is 1. The van der Waals surface area contributed by atoms with Crippen molar-refractivity contribution in [3.63, 3.8) is 0 Å². The van der Waals surface area contributed by atoms with Gasteiger partial charge >= 0.3 is 5.97 Å². The minimum Gasteiger partial charge on any atom is -0.426 e. The standard InChI is InChI=1S/C13H16N2O2/c1-8-10-6-5-9(7-11(10)15-14-8)17-12(16)13(2,3)4/h5-7H,1-4H3,(H,14,15). The first kappa shape index (κ1) is 11.6. The van der Waals surface area contributed by atoms with Crippen LogP contribution in [0.25, 0.3) is 10.9 Å². The molecule has 2 aromatic rings. The third kappa shape index (κ3) is 2.30. The molecule has 0 saturated heterocycles. The van der Waals surface area contributed by atoms with E-state index < -0.39 is 5.41 Å². The van der Waals surface area contributed by atoms with E-state index in [0.717, 1.165) is 16.6 Å². The summed E-state index contributed by atoms with van der Waals surface area (Å²) in [6, 6.07) is 5.48. The van der Waals surface area contributed by atoms with Gasteiger partial charge in [-0.15, -0.1) is 0 Å². The first-order valence-electron chi connectivity index (χ1n) is 5.55. The molecule has 0 fully saturated rings. The molecule has 2 rings (SSSR count). The molecule has 0 unspecified atom stereocenters. The smallest absolute Gasteiger partial charge is 0.316 e. The molecule has 17 heavy (non-hydrogen) atoms. The SMILES string of the molecule is Cc1n[nH]c2cc(OC(=O)C(C)(C)C)ccc12. The Hall–Kier alpha value is -1.84. The number of nitrogens with one attached hydrogen (secondary N) is 1. The summed E-state index contributed by atoms with van der Waals surface area (Å²) in [6.07, 6.45) is 0. The predicted molar refractivity (Wildman–Crippen MR) is 65.9 cm³/mol. The van der Waals surface area contributed by atoms with Crippen molar-refractivity contribution in [2.75, 3.05) is 0 Å². The molecule has 1 N–H and O–H groups in total. The summed E-state index contributed by atoms with van der Waals surface area (Å²) < 4.78 is 5.31. The molecule has 1 aromatic carbocycles. The van der Waals surface area contributed by atoms with E-state index in [1.54, 1.807) is 12.1 Å². The number of aromatic amines is 1. The Balaban J connectivity index is 2.29. The molecule has 1 aromatic heterocycles. The Labute approximate surface area is 100.0 Å². The van der Waals surface area contributed by atoms with Crippen LogP contribution in [0.5, 0.6) is 5.75 Å². The second-order valence-electron chi connectivity index (χ2n) is 5.16. The monoisotopic (exact) mass is 232 g/mol. The van der Waals surface area contributed by atoms with Crippen molar-refractivity contribution in [3.8, 4) is 5.75 Å². The first-order valence-corrected chi connectivity index (χ1v) is 5.55. The fourth-order valence-electron chi connectivity index (χ4n) is 1.46. The van der Waals surface area contributed by atoms with Gasteiger partial charge in [-0.25, -0.2) is 0 Å². The van der Waals surface area contributed by atoms with Crippen molar-refractivity contribution in [1.82, 2.24) is 10.2 Å². The maximum atomic E-state index is 11.7. The molecule has 0 saturated carbocycles. The van der Waals surface area contributed by atoms with E-state index in [1.807, 2.05) is 33.8 Å². The van der Waals surface area contributed by atoms with E-state index in [2.05, 4.69) is 10.2 Å². The molecule has 0 aliphatic heterocycles. The number of esters is 1. The lowest BCUT2D eigenvalue weighted by molar-refractivity contribution is -0.142. The minimum absolute atomic E-state index is 0.243. The maximum Gasteiger partial charge on any atom is 0.316 e. The van der Waals surface area contributed by atoms with Crippen LogP contribution in [0.1, 0.15) is 26.5 Å². The molecule has 0 aliphatic rings. The minimum atomic E-state index is -0.501. The highest BCUT2D eigenvalue weighted by molar-refractivity contribution is 5.84. The van der Waals surface area contributed by atoms with Gasteiger partial charge in [0.1, 0.15) is 5.75 Å². The molecule has 0 amide bonds. The van der Waals surface area contributed by atoms with Crippen molar-refractivity contribution < 1.29 is 9.53 Å².